The Morgan fingerprint density at radius 3 is 2.59 bits per heavy atom. The van der Waals surface area contributed by atoms with Gasteiger partial charge >= 0.3 is 5.97 Å². The fourth-order valence-electron chi connectivity index (χ4n) is 2.73. The van der Waals surface area contributed by atoms with Gasteiger partial charge in [0.2, 0.25) is 0 Å². The largest absolute Gasteiger partial charge is 0.495 e. The number of hydrogen-bond donors (Lipinski definition) is 1. The van der Waals surface area contributed by atoms with Gasteiger partial charge in [0.05, 0.1) is 31.0 Å². The molecule has 0 bridgehead atoms. The number of pyridine rings is 1. The number of benzene rings is 1. The molecule has 1 heterocycles. The minimum absolute atomic E-state index is 0.106. The van der Waals surface area contributed by atoms with Crippen molar-refractivity contribution in [3.05, 3.63) is 51.4 Å². The fourth-order valence-corrected chi connectivity index (χ4v) is 2.90. The zero-order valence-electron chi connectivity index (χ0n) is 15.1. The second kappa shape index (κ2) is 8.71. The first kappa shape index (κ1) is 20.5. The van der Waals surface area contributed by atoms with Crippen molar-refractivity contribution in [3.63, 3.8) is 0 Å². The third-order valence-electron chi connectivity index (χ3n) is 4.23. The lowest BCUT2D eigenvalue weighted by Gasteiger charge is -2.21. The second-order valence-corrected chi connectivity index (χ2v) is 6.38. The van der Waals surface area contributed by atoms with Gasteiger partial charge in [0.1, 0.15) is 11.8 Å². The number of carbonyl (C=O) groups is 1. The molecule has 2 rings (SSSR count). The van der Waals surface area contributed by atoms with Crippen LogP contribution in [0.4, 0.5) is 0 Å². The number of aromatic nitrogens is 1. The average molecular weight is 391 g/mol. The number of carboxylic acid groups (broad SMARTS) is 1. The molecule has 1 unspecified atom stereocenters. The predicted octanol–water partition coefficient (Wildman–Crippen LogP) is 3.10. The minimum atomic E-state index is -1.16. The van der Waals surface area contributed by atoms with E-state index in [4.69, 9.17) is 21.1 Å². The number of nitrogens with zero attached hydrogens (tertiary/aromatic N) is 2. The summed E-state index contributed by atoms with van der Waals surface area (Å²) in [7, 11) is 2.87. The molecule has 2 atom stereocenters. The van der Waals surface area contributed by atoms with Gasteiger partial charge in [-0.25, -0.2) is 4.79 Å². The average Bonchev–Trinajstić information content (AvgIpc) is 2.65. The van der Waals surface area contributed by atoms with Gasteiger partial charge in [-0.15, -0.1) is 0 Å². The Kier molecular flexibility index (Phi) is 6.61. The normalized spacial score (nSPS) is 12.9. The van der Waals surface area contributed by atoms with E-state index in [0.29, 0.717) is 21.7 Å². The first-order valence-electron chi connectivity index (χ1n) is 8.08. The van der Waals surface area contributed by atoms with Crippen LogP contribution in [-0.2, 0) is 9.53 Å². The molecule has 1 aromatic carbocycles. The van der Waals surface area contributed by atoms with Gasteiger partial charge in [0.15, 0.2) is 0 Å². The fraction of sp³-hybridized carbons (Fsp3) is 0.316. The van der Waals surface area contributed by atoms with Gasteiger partial charge < -0.3 is 14.6 Å². The summed E-state index contributed by atoms with van der Waals surface area (Å²) in [6.07, 6.45) is 1.08. The van der Waals surface area contributed by atoms with Gasteiger partial charge in [0.25, 0.3) is 5.56 Å². The van der Waals surface area contributed by atoms with Crippen molar-refractivity contribution in [2.45, 2.75) is 25.5 Å². The standard InChI is InChI=1S/C19H19ClN2O5/c1-11(26-2)6-16(19(24)25)22-10-17(27-3)15(8-18(22)23)14-7-13(20)5-4-12(14)9-21/h4-5,7-8,10-11,16H,6H2,1-3H3,(H,24,25)/t11?,16-/m1/s1. The van der Waals surface area contributed by atoms with Crippen LogP contribution >= 0.6 is 11.6 Å². The molecule has 0 aliphatic carbocycles. The van der Waals surface area contributed by atoms with Crippen LogP contribution in [0.2, 0.25) is 5.02 Å². The lowest BCUT2D eigenvalue weighted by atomic mass is 10.00. The lowest BCUT2D eigenvalue weighted by Crippen LogP contribution is -2.32. The van der Waals surface area contributed by atoms with E-state index in [9.17, 15) is 20.0 Å². The molecule has 8 heteroatoms. The Labute approximate surface area is 161 Å². The molecule has 0 saturated heterocycles. The number of rotatable bonds is 7. The van der Waals surface area contributed by atoms with Crippen molar-refractivity contribution in [1.29, 1.82) is 5.26 Å². The van der Waals surface area contributed by atoms with Crippen LogP contribution in [0.1, 0.15) is 24.9 Å². The molecule has 0 aliphatic rings. The van der Waals surface area contributed by atoms with Crippen LogP contribution in [0.3, 0.4) is 0 Å². The molecule has 1 aromatic heterocycles. The van der Waals surface area contributed by atoms with Crippen LogP contribution in [0.5, 0.6) is 5.75 Å². The number of halogens is 1. The molecule has 0 aliphatic heterocycles. The Balaban J connectivity index is 2.65. The van der Waals surface area contributed by atoms with Crippen LogP contribution < -0.4 is 10.3 Å². The Bertz CT molecular complexity index is 948. The summed E-state index contributed by atoms with van der Waals surface area (Å²) in [5, 5.41) is 19.3. The van der Waals surface area contributed by atoms with Crippen molar-refractivity contribution in [2.24, 2.45) is 0 Å². The minimum Gasteiger partial charge on any atom is -0.495 e. The topological polar surface area (TPSA) is 102 Å². The van der Waals surface area contributed by atoms with E-state index in [1.165, 1.54) is 26.5 Å². The summed E-state index contributed by atoms with van der Waals surface area (Å²) < 4.78 is 11.6. The molecule has 0 spiro atoms. The van der Waals surface area contributed by atoms with E-state index in [0.717, 1.165) is 4.57 Å². The summed E-state index contributed by atoms with van der Waals surface area (Å²) in [6.45, 7) is 1.72. The molecule has 0 radical (unpaired) electrons. The van der Waals surface area contributed by atoms with Crippen LogP contribution in [0.25, 0.3) is 11.1 Å². The van der Waals surface area contributed by atoms with Crippen LogP contribution in [0, 0.1) is 11.3 Å². The van der Waals surface area contributed by atoms with Crippen molar-refractivity contribution in [1.82, 2.24) is 4.57 Å². The number of aliphatic carboxylic acids is 1. The summed E-state index contributed by atoms with van der Waals surface area (Å²) in [4.78, 5) is 24.4. The monoisotopic (exact) mass is 390 g/mol. The molecule has 27 heavy (non-hydrogen) atoms. The zero-order chi connectivity index (χ0) is 20.1. The summed E-state index contributed by atoms with van der Waals surface area (Å²) in [6, 6.07) is 6.85. The highest BCUT2D eigenvalue weighted by atomic mass is 35.5. The van der Waals surface area contributed by atoms with Gasteiger partial charge in [0, 0.05) is 35.7 Å². The molecule has 142 valence electrons. The highest BCUT2D eigenvalue weighted by Crippen LogP contribution is 2.33. The molecule has 0 saturated carbocycles. The zero-order valence-corrected chi connectivity index (χ0v) is 15.9. The van der Waals surface area contributed by atoms with E-state index in [1.54, 1.807) is 25.1 Å². The molecule has 7 nitrogen and oxygen atoms in total. The molecular formula is C19H19ClN2O5. The van der Waals surface area contributed by atoms with Gasteiger partial charge in [-0.05, 0) is 25.1 Å². The smallest absolute Gasteiger partial charge is 0.326 e. The molecule has 0 amide bonds. The van der Waals surface area contributed by atoms with E-state index in [2.05, 4.69) is 0 Å². The van der Waals surface area contributed by atoms with Crippen molar-refractivity contribution >= 4 is 17.6 Å². The Morgan fingerprint density at radius 2 is 2.04 bits per heavy atom. The van der Waals surface area contributed by atoms with Gasteiger partial charge in [-0.2, -0.15) is 5.26 Å². The van der Waals surface area contributed by atoms with Crippen molar-refractivity contribution in [2.75, 3.05) is 14.2 Å². The molecular weight excluding hydrogens is 372 g/mol. The quantitative estimate of drug-likeness (QED) is 0.779. The van der Waals surface area contributed by atoms with Gasteiger partial charge in [-0.1, -0.05) is 11.6 Å². The second-order valence-electron chi connectivity index (χ2n) is 5.94. The van der Waals surface area contributed by atoms with Gasteiger partial charge in [-0.3, -0.25) is 9.36 Å². The predicted molar refractivity (Wildman–Crippen MR) is 100 cm³/mol. The summed E-state index contributed by atoms with van der Waals surface area (Å²) >= 11 is 6.03. The lowest BCUT2D eigenvalue weighted by molar-refractivity contribution is -0.142. The first-order chi connectivity index (χ1) is 12.8. The maximum absolute atomic E-state index is 12.7. The van der Waals surface area contributed by atoms with E-state index >= 15 is 0 Å². The maximum Gasteiger partial charge on any atom is 0.326 e. The van der Waals surface area contributed by atoms with Crippen molar-refractivity contribution < 1.29 is 19.4 Å². The number of ether oxygens (including phenoxy) is 2. The number of hydrogen-bond acceptors (Lipinski definition) is 5. The summed E-state index contributed by atoms with van der Waals surface area (Å²) in [5.74, 6) is -0.902. The van der Waals surface area contributed by atoms with Crippen LogP contribution in [-0.4, -0.2) is 36.0 Å². The number of methoxy groups -OCH3 is 2. The number of nitriles is 1. The first-order valence-corrected chi connectivity index (χ1v) is 8.46. The van der Waals surface area contributed by atoms with E-state index in [-0.39, 0.29) is 18.3 Å². The summed E-state index contributed by atoms with van der Waals surface area (Å²) in [5.41, 5.74) is 0.577. The SMILES string of the molecule is COc1cn([C@H](CC(C)OC)C(=O)O)c(=O)cc1-c1cc(Cl)ccc1C#N. The highest BCUT2D eigenvalue weighted by molar-refractivity contribution is 6.31. The maximum atomic E-state index is 12.7. The Hall–Kier alpha value is -2.82. The molecule has 2 aromatic rings. The third kappa shape index (κ3) is 4.48. The highest BCUT2D eigenvalue weighted by Gasteiger charge is 2.25. The number of carboxylic acids is 1. The van der Waals surface area contributed by atoms with Crippen LogP contribution in [0.15, 0.2) is 35.3 Å². The van der Waals surface area contributed by atoms with E-state index < -0.39 is 17.6 Å². The Morgan fingerprint density at radius 1 is 1.33 bits per heavy atom. The third-order valence-corrected chi connectivity index (χ3v) is 4.47. The molecule has 1 N–H and O–H groups in total. The van der Waals surface area contributed by atoms with E-state index in [1.807, 2.05) is 6.07 Å². The molecule has 0 fully saturated rings. The van der Waals surface area contributed by atoms with Crippen molar-refractivity contribution in [3.8, 4) is 22.9 Å².